The summed E-state index contributed by atoms with van der Waals surface area (Å²) in [6.07, 6.45) is 2.80. The lowest BCUT2D eigenvalue weighted by Crippen LogP contribution is -2.54. The molecule has 0 radical (unpaired) electrons. The molecule has 0 amide bonds. The van der Waals surface area contributed by atoms with E-state index < -0.39 is 10.0 Å². The largest absolute Gasteiger partial charge is 0.487 e. The Balaban J connectivity index is 1.72. The van der Waals surface area contributed by atoms with Crippen LogP contribution in [-0.4, -0.2) is 43.3 Å². The van der Waals surface area contributed by atoms with Crippen molar-refractivity contribution in [2.45, 2.75) is 50.5 Å². The van der Waals surface area contributed by atoms with Crippen molar-refractivity contribution in [3.63, 3.8) is 0 Å². The fraction of sp³-hybridized carbons (Fsp3) is 0.647. The van der Waals surface area contributed by atoms with Gasteiger partial charge < -0.3 is 9.47 Å². The van der Waals surface area contributed by atoms with Crippen LogP contribution in [0.15, 0.2) is 24.3 Å². The predicted octanol–water partition coefficient (Wildman–Crippen LogP) is 2.34. The van der Waals surface area contributed by atoms with Crippen molar-refractivity contribution in [2.24, 2.45) is 5.92 Å². The van der Waals surface area contributed by atoms with Gasteiger partial charge in [-0.15, -0.1) is 0 Å². The van der Waals surface area contributed by atoms with Gasteiger partial charge in [-0.25, -0.2) is 8.42 Å². The zero-order chi connectivity index (χ0) is 16.4. The first kappa shape index (κ1) is 15.4. The minimum absolute atomic E-state index is 0.0179. The Bertz CT molecular complexity index is 730. The smallest absolute Gasteiger partial charge is 0.211 e. The first-order valence-electron chi connectivity index (χ1n) is 8.17. The molecule has 3 heterocycles. The van der Waals surface area contributed by atoms with Gasteiger partial charge in [-0.3, -0.25) is 0 Å². The third-order valence-electron chi connectivity index (χ3n) is 5.53. The van der Waals surface area contributed by atoms with Crippen molar-refractivity contribution in [3.8, 4) is 5.75 Å². The molecule has 126 valence electrons. The molecule has 0 aliphatic carbocycles. The summed E-state index contributed by atoms with van der Waals surface area (Å²) in [5, 5.41) is 0. The lowest BCUT2D eigenvalue weighted by Gasteiger charge is -2.50. The number of benzene rings is 1. The molecule has 5 nitrogen and oxygen atoms in total. The minimum Gasteiger partial charge on any atom is -0.487 e. The number of fused-ring (bicyclic) bond motifs is 4. The zero-order valence-electron chi connectivity index (χ0n) is 13.7. The van der Waals surface area contributed by atoms with E-state index in [4.69, 9.17) is 9.47 Å². The normalized spacial score (nSPS) is 35.8. The third kappa shape index (κ3) is 2.39. The molecule has 2 fully saturated rings. The van der Waals surface area contributed by atoms with Crippen LogP contribution in [0.2, 0.25) is 0 Å². The number of sulfonamides is 1. The van der Waals surface area contributed by atoms with Crippen molar-refractivity contribution >= 4 is 10.0 Å². The number of nitrogens with zero attached hydrogens (tertiary/aromatic N) is 1. The second kappa shape index (κ2) is 4.94. The molecule has 0 saturated carbocycles. The van der Waals surface area contributed by atoms with Gasteiger partial charge in [0.25, 0.3) is 0 Å². The monoisotopic (exact) mass is 337 g/mol. The van der Waals surface area contributed by atoms with Crippen LogP contribution >= 0.6 is 0 Å². The number of hydrogen-bond acceptors (Lipinski definition) is 4. The highest BCUT2D eigenvalue weighted by Crippen LogP contribution is 2.52. The van der Waals surface area contributed by atoms with Gasteiger partial charge in [-0.1, -0.05) is 18.2 Å². The topological polar surface area (TPSA) is 55.8 Å². The summed E-state index contributed by atoms with van der Waals surface area (Å²) in [6.45, 7) is 4.70. The van der Waals surface area contributed by atoms with Crippen LogP contribution in [0.5, 0.6) is 5.75 Å². The highest BCUT2D eigenvalue weighted by Gasteiger charge is 2.54. The van der Waals surface area contributed by atoms with E-state index in [1.807, 2.05) is 18.2 Å². The number of para-hydroxylation sites is 1. The molecule has 0 bridgehead atoms. The first-order valence-corrected chi connectivity index (χ1v) is 10.0. The van der Waals surface area contributed by atoms with Crippen LogP contribution in [-0.2, 0) is 14.8 Å². The standard InChI is InChI=1S/C17H23NO4S/c1-17(2)12-10-13-15(8-9-18(13)23(3,19)20)21-16(12)11-6-4-5-7-14(11)22-17/h4-7,12-13,15-16H,8-10H2,1-3H3/t12-,13-,15-,16+/m1/s1. The Labute approximate surface area is 137 Å². The van der Waals surface area contributed by atoms with Gasteiger partial charge in [-0.05, 0) is 32.8 Å². The van der Waals surface area contributed by atoms with Gasteiger partial charge in [0.2, 0.25) is 10.0 Å². The number of hydrogen-bond donors (Lipinski definition) is 0. The van der Waals surface area contributed by atoms with Crippen molar-refractivity contribution in [3.05, 3.63) is 29.8 Å². The minimum atomic E-state index is -3.20. The van der Waals surface area contributed by atoms with Gasteiger partial charge in [0.1, 0.15) is 11.4 Å². The highest BCUT2D eigenvalue weighted by molar-refractivity contribution is 7.88. The van der Waals surface area contributed by atoms with Gasteiger partial charge in [0.05, 0.1) is 24.5 Å². The molecule has 23 heavy (non-hydrogen) atoms. The van der Waals surface area contributed by atoms with Crippen LogP contribution in [0.25, 0.3) is 0 Å². The molecule has 0 spiro atoms. The van der Waals surface area contributed by atoms with Crippen molar-refractivity contribution in [2.75, 3.05) is 12.8 Å². The summed E-state index contributed by atoms with van der Waals surface area (Å²) < 4.78 is 38.3. The molecule has 1 aromatic carbocycles. The van der Waals surface area contributed by atoms with E-state index in [9.17, 15) is 8.42 Å². The van der Waals surface area contributed by atoms with E-state index in [0.29, 0.717) is 6.54 Å². The molecule has 3 aliphatic rings. The molecule has 4 atom stereocenters. The quantitative estimate of drug-likeness (QED) is 0.789. The first-order chi connectivity index (χ1) is 10.8. The Morgan fingerprint density at radius 1 is 1.26 bits per heavy atom. The van der Waals surface area contributed by atoms with Crippen molar-refractivity contribution < 1.29 is 17.9 Å². The number of rotatable bonds is 1. The fourth-order valence-electron chi connectivity index (χ4n) is 4.41. The lowest BCUT2D eigenvalue weighted by molar-refractivity contribution is -0.157. The maximum Gasteiger partial charge on any atom is 0.211 e. The second-order valence-corrected chi connectivity index (χ2v) is 9.35. The maximum atomic E-state index is 12.0. The average molecular weight is 337 g/mol. The van der Waals surface area contributed by atoms with Crippen LogP contribution in [0.1, 0.15) is 38.4 Å². The lowest BCUT2D eigenvalue weighted by atomic mass is 9.74. The zero-order valence-corrected chi connectivity index (χ0v) is 14.5. The van der Waals surface area contributed by atoms with E-state index in [1.54, 1.807) is 4.31 Å². The van der Waals surface area contributed by atoms with Gasteiger partial charge >= 0.3 is 0 Å². The molecular weight excluding hydrogens is 314 g/mol. The van der Waals surface area contributed by atoms with E-state index >= 15 is 0 Å². The molecule has 3 aliphatic heterocycles. The Hall–Kier alpha value is -1.11. The number of ether oxygens (including phenoxy) is 2. The predicted molar refractivity (Wildman–Crippen MR) is 86.8 cm³/mol. The fourth-order valence-corrected chi connectivity index (χ4v) is 5.56. The molecule has 4 rings (SSSR count). The van der Waals surface area contributed by atoms with Crippen molar-refractivity contribution in [1.82, 2.24) is 4.31 Å². The molecule has 2 saturated heterocycles. The van der Waals surface area contributed by atoms with E-state index in [0.717, 1.165) is 24.2 Å². The molecule has 0 unspecified atom stereocenters. The maximum absolute atomic E-state index is 12.0. The summed E-state index contributed by atoms with van der Waals surface area (Å²) in [6, 6.07) is 7.96. The van der Waals surface area contributed by atoms with Crippen LogP contribution in [0.3, 0.4) is 0 Å². The van der Waals surface area contributed by atoms with E-state index in [2.05, 4.69) is 19.9 Å². The van der Waals surface area contributed by atoms with Gasteiger partial charge in [0.15, 0.2) is 0 Å². The molecule has 6 heteroatoms. The van der Waals surface area contributed by atoms with Gasteiger partial charge in [-0.2, -0.15) is 4.31 Å². The van der Waals surface area contributed by atoms with Crippen LogP contribution in [0.4, 0.5) is 0 Å². The summed E-state index contributed by atoms with van der Waals surface area (Å²) in [4.78, 5) is 0. The Morgan fingerprint density at radius 2 is 2.00 bits per heavy atom. The summed E-state index contributed by atoms with van der Waals surface area (Å²) in [7, 11) is -3.20. The van der Waals surface area contributed by atoms with Crippen LogP contribution < -0.4 is 4.74 Å². The molecule has 1 aromatic rings. The SMILES string of the molecule is CC1(C)Oc2ccccc2[C@@H]2O[C@@H]3CCN(S(C)(=O)=O)[C@@H]3C[C@H]21. The van der Waals surface area contributed by atoms with Crippen molar-refractivity contribution in [1.29, 1.82) is 0 Å². The average Bonchev–Trinajstić information content (AvgIpc) is 2.88. The molecular formula is C17H23NO4S. The Morgan fingerprint density at radius 3 is 2.74 bits per heavy atom. The summed E-state index contributed by atoms with van der Waals surface area (Å²) in [5.41, 5.74) is 0.712. The third-order valence-corrected chi connectivity index (χ3v) is 6.84. The van der Waals surface area contributed by atoms with E-state index in [-0.39, 0.29) is 29.8 Å². The molecule has 0 aromatic heterocycles. The second-order valence-electron chi connectivity index (χ2n) is 7.41. The molecule has 0 N–H and O–H groups in total. The van der Waals surface area contributed by atoms with E-state index in [1.165, 1.54) is 6.26 Å². The summed E-state index contributed by atoms with van der Waals surface area (Å²) >= 11 is 0. The van der Waals surface area contributed by atoms with Gasteiger partial charge in [0, 0.05) is 18.0 Å². The highest BCUT2D eigenvalue weighted by atomic mass is 32.2. The Kier molecular flexibility index (Phi) is 3.31. The van der Waals surface area contributed by atoms with Crippen LogP contribution in [0, 0.1) is 5.92 Å². The summed E-state index contributed by atoms with van der Waals surface area (Å²) in [5.74, 6) is 1.02.